The van der Waals surface area contributed by atoms with E-state index in [1.165, 1.54) is 22.3 Å². The van der Waals surface area contributed by atoms with Crippen LogP contribution in [0.1, 0.15) is 41.6 Å². The third-order valence-corrected chi connectivity index (χ3v) is 3.44. The molecule has 0 saturated heterocycles. The van der Waals surface area contributed by atoms with Crippen molar-refractivity contribution in [2.24, 2.45) is 0 Å². The summed E-state index contributed by atoms with van der Waals surface area (Å²) >= 11 is 6.20. The number of benzene rings is 1. The van der Waals surface area contributed by atoms with E-state index >= 15 is 0 Å². The van der Waals surface area contributed by atoms with Crippen LogP contribution < -0.4 is 5.32 Å². The lowest BCUT2D eigenvalue weighted by Crippen LogP contribution is -2.23. The summed E-state index contributed by atoms with van der Waals surface area (Å²) in [6.07, 6.45) is 4.90. The molecular formula is C17H21ClN2. The molecule has 1 aromatic heterocycles. The standard InChI is InChI=1S/C17H21ClN2/c1-4-5-20-17(15-7-13(3)10-19-11-15)14-6-12(2)8-16(18)9-14/h6-11,17,20H,4-5H2,1-3H3. The minimum Gasteiger partial charge on any atom is -0.306 e. The van der Waals surface area contributed by atoms with Crippen LogP contribution in [0.2, 0.25) is 5.02 Å². The highest BCUT2D eigenvalue weighted by Gasteiger charge is 2.14. The average molecular weight is 289 g/mol. The molecule has 20 heavy (non-hydrogen) atoms. The van der Waals surface area contributed by atoms with Crippen molar-refractivity contribution in [3.05, 3.63) is 63.9 Å². The van der Waals surface area contributed by atoms with E-state index in [1.807, 2.05) is 24.5 Å². The van der Waals surface area contributed by atoms with Crippen molar-refractivity contribution in [2.75, 3.05) is 6.54 Å². The fourth-order valence-corrected chi connectivity index (χ4v) is 2.68. The van der Waals surface area contributed by atoms with E-state index in [-0.39, 0.29) is 6.04 Å². The Morgan fingerprint density at radius 2 is 1.80 bits per heavy atom. The first-order valence-corrected chi connectivity index (χ1v) is 7.40. The van der Waals surface area contributed by atoms with Crippen LogP contribution in [-0.2, 0) is 0 Å². The maximum absolute atomic E-state index is 6.20. The van der Waals surface area contributed by atoms with Crippen molar-refractivity contribution in [1.82, 2.24) is 10.3 Å². The van der Waals surface area contributed by atoms with E-state index in [0.717, 1.165) is 18.0 Å². The van der Waals surface area contributed by atoms with Crippen molar-refractivity contribution in [2.45, 2.75) is 33.2 Å². The third-order valence-electron chi connectivity index (χ3n) is 3.23. The van der Waals surface area contributed by atoms with E-state index < -0.39 is 0 Å². The molecule has 3 heteroatoms. The lowest BCUT2D eigenvalue weighted by Gasteiger charge is -2.20. The molecule has 106 valence electrons. The normalized spacial score (nSPS) is 12.4. The Hall–Kier alpha value is -1.38. The summed E-state index contributed by atoms with van der Waals surface area (Å²) in [5, 5.41) is 4.37. The van der Waals surface area contributed by atoms with Gasteiger partial charge < -0.3 is 5.32 Å². The number of pyridine rings is 1. The molecule has 1 aromatic carbocycles. The van der Waals surface area contributed by atoms with Gasteiger partial charge in [0.15, 0.2) is 0 Å². The summed E-state index contributed by atoms with van der Waals surface area (Å²) < 4.78 is 0. The lowest BCUT2D eigenvalue weighted by atomic mass is 9.97. The first kappa shape index (κ1) is 15.0. The summed E-state index contributed by atoms with van der Waals surface area (Å²) in [5.74, 6) is 0. The van der Waals surface area contributed by atoms with Gasteiger partial charge in [0.25, 0.3) is 0 Å². The second kappa shape index (κ2) is 6.87. The second-order valence-electron chi connectivity index (χ2n) is 5.24. The molecule has 1 N–H and O–H groups in total. The Balaban J connectivity index is 2.41. The summed E-state index contributed by atoms with van der Waals surface area (Å²) in [6, 6.07) is 8.51. The number of halogens is 1. The van der Waals surface area contributed by atoms with Gasteiger partial charge in [-0.1, -0.05) is 30.7 Å². The van der Waals surface area contributed by atoms with Gasteiger partial charge in [0.2, 0.25) is 0 Å². The second-order valence-corrected chi connectivity index (χ2v) is 5.68. The van der Waals surface area contributed by atoms with Gasteiger partial charge in [0.05, 0.1) is 6.04 Å². The number of rotatable bonds is 5. The number of aromatic nitrogens is 1. The quantitative estimate of drug-likeness (QED) is 0.880. The predicted octanol–water partition coefficient (Wildman–Crippen LogP) is 4.44. The van der Waals surface area contributed by atoms with E-state index in [9.17, 15) is 0 Å². The van der Waals surface area contributed by atoms with Crippen LogP contribution in [0.15, 0.2) is 36.7 Å². The Morgan fingerprint density at radius 1 is 1.05 bits per heavy atom. The highest BCUT2D eigenvalue weighted by atomic mass is 35.5. The van der Waals surface area contributed by atoms with Crippen LogP contribution in [0.5, 0.6) is 0 Å². The van der Waals surface area contributed by atoms with Gasteiger partial charge in [0.1, 0.15) is 0 Å². The molecule has 2 nitrogen and oxygen atoms in total. The summed E-state index contributed by atoms with van der Waals surface area (Å²) in [6.45, 7) is 7.27. The number of hydrogen-bond donors (Lipinski definition) is 1. The molecule has 1 heterocycles. The summed E-state index contributed by atoms with van der Waals surface area (Å²) in [7, 11) is 0. The molecule has 0 amide bonds. The van der Waals surface area contributed by atoms with Crippen LogP contribution in [-0.4, -0.2) is 11.5 Å². The first-order valence-electron chi connectivity index (χ1n) is 7.02. The molecular weight excluding hydrogens is 268 g/mol. The van der Waals surface area contributed by atoms with Crippen molar-refractivity contribution in [1.29, 1.82) is 0 Å². The molecule has 0 aliphatic rings. The molecule has 2 rings (SSSR count). The van der Waals surface area contributed by atoms with Crippen LogP contribution in [0.25, 0.3) is 0 Å². The highest BCUT2D eigenvalue weighted by Crippen LogP contribution is 2.26. The van der Waals surface area contributed by atoms with Gasteiger partial charge in [0, 0.05) is 17.4 Å². The van der Waals surface area contributed by atoms with Gasteiger partial charge in [-0.3, -0.25) is 4.98 Å². The zero-order valence-electron chi connectivity index (χ0n) is 12.3. The van der Waals surface area contributed by atoms with Crippen molar-refractivity contribution < 1.29 is 0 Å². The lowest BCUT2D eigenvalue weighted by molar-refractivity contribution is 0.596. The number of nitrogens with zero attached hydrogens (tertiary/aromatic N) is 1. The van der Waals surface area contributed by atoms with Crippen molar-refractivity contribution in [3.63, 3.8) is 0 Å². The van der Waals surface area contributed by atoms with Gasteiger partial charge in [-0.15, -0.1) is 0 Å². The fourth-order valence-electron chi connectivity index (χ4n) is 2.38. The van der Waals surface area contributed by atoms with Crippen LogP contribution >= 0.6 is 11.6 Å². The average Bonchev–Trinajstić information content (AvgIpc) is 2.38. The molecule has 0 fully saturated rings. The molecule has 0 saturated carbocycles. The number of nitrogens with one attached hydrogen (secondary N) is 1. The Bertz CT molecular complexity index is 561. The van der Waals surface area contributed by atoms with Gasteiger partial charge in [-0.25, -0.2) is 0 Å². The monoisotopic (exact) mass is 288 g/mol. The molecule has 1 atom stereocenters. The highest BCUT2D eigenvalue weighted by molar-refractivity contribution is 6.30. The largest absolute Gasteiger partial charge is 0.306 e. The Kier molecular flexibility index (Phi) is 5.16. The topological polar surface area (TPSA) is 24.9 Å². The van der Waals surface area contributed by atoms with E-state index in [0.29, 0.717) is 0 Å². The van der Waals surface area contributed by atoms with Gasteiger partial charge in [-0.2, -0.15) is 0 Å². The van der Waals surface area contributed by atoms with E-state index in [4.69, 9.17) is 11.6 Å². The zero-order chi connectivity index (χ0) is 14.5. The molecule has 0 aliphatic carbocycles. The molecule has 2 aromatic rings. The molecule has 1 unspecified atom stereocenters. The Morgan fingerprint density at radius 3 is 2.45 bits per heavy atom. The van der Waals surface area contributed by atoms with Crippen LogP contribution in [0, 0.1) is 13.8 Å². The Labute approximate surface area is 126 Å². The van der Waals surface area contributed by atoms with E-state index in [2.05, 4.69) is 43.2 Å². The molecule has 0 bridgehead atoms. The zero-order valence-corrected chi connectivity index (χ0v) is 13.0. The number of aryl methyl sites for hydroxylation is 2. The van der Waals surface area contributed by atoms with E-state index in [1.54, 1.807) is 0 Å². The van der Waals surface area contributed by atoms with Crippen LogP contribution in [0.4, 0.5) is 0 Å². The van der Waals surface area contributed by atoms with Gasteiger partial charge >= 0.3 is 0 Å². The minimum atomic E-state index is 0.139. The first-order chi connectivity index (χ1) is 9.60. The molecule has 0 spiro atoms. The SMILES string of the molecule is CCCNC(c1cncc(C)c1)c1cc(C)cc(Cl)c1. The predicted molar refractivity (Wildman–Crippen MR) is 85.3 cm³/mol. The summed E-state index contributed by atoms with van der Waals surface area (Å²) in [4.78, 5) is 4.31. The maximum Gasteiger partial charge on any atom is 0.0592 e. The third kappa shape index (κ3) is 3.81. The van der Waals surface area contributed by atoms with Crippen LogP contribution in [0.3, 0.4) is 0 Å². The maximum atomic E-state index is 6.20. The van der Waals surface area contributed by atoms with Gasteiger partial charge in [-0.05, 0) is 61.2 Å². The fraction of sp³-hybridized carbons (Fsp3) is 0.353. The molecule has 0 aliphatic heterocycles. The van der Waals surface area contributed by atoms with Crippen molar-refractivity contribution in [3.8, 4) is 0 Å². The van der Waals surface area contributed by atoms with Crippen molar-refractivity contribution >= 4 is 11.6 Å². The minimum absolute atomic E-state index is 0.139. The molecule has 0 radical (unpaired) electrons. The smallest absolute Gasteiger partial charge is 0.0592 e. The summed E-state index contributed by atoms with van der Waals surface area (Å²) in [5.41, 5.74) is 4.72. The number of hydrogen-bond acceptors (Lipinski definition) is 2.